The van der Waals surface area contributed by atoms with Crippen molar-refractivity contribution in [2.24, 2.45) is 0 Å². The molecule has 2 aromatic carbocycles. The largest absolute Gasteiger partial charge is 0.471 e. The van der Waals surface area contributed by atoms with E-state index >= 15 is 0 Å². The Morgan fingerprint density at radius 3 is 2.56 bits per heavy atom. The van der Waals surface area contributed by atoms with E-state index in [4.69, 9.17) is 4.42 Å². The van der Waals surface area contributed by atoms with Crippen molar-refractivity contribution in [1.29, 1.82) is 0 Å². The molecule has 76 valence electrons. The number of furan rings is 1. The van der Waals surface area contributed by atoms with Crippen molar-refractivity contribution in [3.05, 3.63) is 48.9 Å². The Labute approximate surface area is 91.5 Å². The summed E-state index contributed by atoms with van der Waals surface area (Å²) in [5, 5.41) is 4.81. The van der Waals surface area contributed by atoms with Crippen LogP contribution < -0.4 is 0 Å². The van der Waals surface area contributed by atoms with Crippen molar-refractivity contribution in [1.82, 2.24) is 4.98 Å². The van der Waals surface area contributed by atoms with Gasteiger partial charge in [0.2, 0.25) is 0 Å². The maximum absolute atomic E-state index is 5.20. The lowest BCUT2D eigenvalue weighted by atomic mass is 10.1. The van der Waals surface area contributed by atoms with E-state index in [1.807, 2.05) is 6.07 Å². The summed E-state index contributed by atoms with van der Waals surface area (Å²) in [6.45, 7) is 0. The van der Waals surface area contributed by atoms with Crippen molar-refractivity contribution < 1.29 is 4.42 Å². The molecule has 16 heavy (non-hydrogen) atoms. The first kappa shape index (κ1) is 7.99. The van der Waals surface area contributed by atoms with E-state index in [9.17, 15) is 0 Å². The molecule has 2 nitrogen and oxygen atoms in total. The number of para-hydroxylation sites is 1. The SMILES string of the molecule is c1ccc2c(c1)[nH]c1cc3cocc3cc12. The fourth-order valence-electron chi connectivity index (χ4n) is 2.32. The molecule has 0 aliphatic carbocycles. The maximum atomic E-state index is 5.20. The highest BCUT2D eigenvalue weighted by atomic mass is 16.3. The predicted octanol–water partition coefficient (Wildman–Crippen LogP) is 4.07. The molecule has 4 rings (SSSR count). The van der Waals surface area contributed by atoms with Gasteiger partial charge in [-0.25, -0.2) is 0 Å². The molecular formula is C14H9NO. The minimum atomic E-state index is 1.14. The number of fused-ring (bicyclic) bond motifs is 4. The smallest absolute Gasteiger partial charge is 0.0982 e. The minimum absolute atomic E-state index is 1.14. The van der Waals surface area contributed by atoms with Crippen LogP contribution in [0.5, 0.6) is 0 Å². The van der Waals surface area contributed by atoms with Gasteiger partial charge >= 0.3 is 0 Å². The summed E-state index contributed by atoms with van der Waals surface area (Å²) in [5.74, 6) is 0. The zero-order valence-corrected chi connectivity index (χ0v) is 8.53. The maximum Gasteiger partial charge on any atom is 0.0982 e. The summed E-state index contributed by atoms with van der Waals surface area (Å²) < 4.78 is 5.20. The average Bonchev–Trinajstić information content (AvgIpc) is 2.88. The Bertz CT molecular complexity index is 807. The van der Waals surface area contributed by atoms with Crippen molar-refractivity contribution in [2.75, 3.05) is 0 Å². The van der Waals surface area contributed by atoms with Crippen molar-refractivity contribution in [2.45, 2.75) is 0 Å². The summed E-state index contributed by atoms with van der Waals surface area (Å²) in [6.07, 6.45) is 3.57. The Morgan fingerprint density at radius 2 is 1.62 bits per heavy atom. The van der Waals surface area contributed by atoms with E-state index in [-0.39, 0.29) is 0 Å². The summed E-state index contributed by atoms with van der Waals surface area (Å²) in [7, 11) is 0. The van der Waals surface area contributed by atoms with Gasteiger partial charge in [0.1, 0.15) is 0 Å². The first-order valence-corrected chi connectivity index (χ1v) is 5.28. The standard InChI is InChI=1S/C14H9NO/c1-2-4-13-11(3-1)12-5-9-7-16-8-10(9)6-14(12)15-13/h1-8,15H. The lowest BCUT2D eigenvalue weighted by molar-refractivity contribution is 0.572. The molecule has 0 saturated carbocycles. The molecule has 0 amide bonds. The Morgan fingerprint density at radius 1 is 0.812 bits per heavy atom. The summed E-state index contributed by atoms with van der Waals surface area (Å²) in [5.41, 5.74) is 2.34. The highest BCUT2D eigenvalue weighted by Crippen LogP contribution is 2.29. The molecule has 1 N–H and O–H groups in total. The average molecular weight is 207 g/mol. The Kier molecular flexibility index (Phi) is 1.33. The number of nitrogens with one attached hydrogen (secondary N) is 1. The summed E-state index contributed by atoms with van der Waals surface area (Å²) in [6, 6.07) is 12.7. The fourth-order valence-corrected chi connectivity index (χ4v) is 2.32. The van der Waals surface area contributed by atoms with Crippen LogP contribution in [-0.2, 0) is 0 Å². The molecule has 0 atom stereocenters. The van der Waals surface area contributed by atoms with Gasteiger partial charge < -0.3 is 9.40 Å². The van der Waals surface area contributed by atoms with Crippen LogP contribution in [0.3, 0.4) is 0 Å². The molecule has 0 aliphatic heterocycles. The van der Waals surface area contributed by atoms with E-state index in [1.165, 1.54) is 16.3 Å². The quantitative estimate of drug-likeness (QED) is 0.462. The summed E-state index contributed by atoms with van der Waals surface area (Å²) >= 11 is 0. The second-order valence-corrected chi connectivity index (χ2v) is 4.07. The van der Waals surface area contributed by atoms with Crippen LogP contribution in [0, 0.1) is 0 Å². The van der Waals surface area contributed by atoms with Gasteiger partial charge in [0.15, 0.2) is 0 Å². The van der Waals surface area contributed by atoms with Crippen LogP contribution in [0.2, 0.25) is 0 Å². The molecule has 2 heteroatoms. The minimum Gasteiger partial charge on any atom is -0.471 e. The van der Waals surface area contributed by atoms with E-state index in [1.54, 1.807) is 12.5 Å². The zero-order valence-electron chi connectivity index (χ0n) is 8.53. The number of rotatable bonds is 0. The third kappa shape index (κ3) is 0.910. The molecule has 0 radical (unpaired) electrons. The predicted molar refractivity (Wildman–Crippen MR) is 65.6 cm³/mol. The fraction of sp³-hybridized carbons (Fsp3) is 0. The molecule has 2 heterocycles. The molecule has 0 saturated heterocycles. The lowest BCUT2D eigenvalue weighted by Gasteiger charge is -1.91. The molecule has 0 fully saturated rings. The highest BCUT2D eigenvalue weighted by Gasteiger charge is 2.05. The molecular weight excluding hydrogens is 198 g/mol. The van der Waals surface area contributed by atoms with Crippen LogP contribution in [0.4, 0.5) is 0 Å². The summed E-state index contributed by atoms with van der Waals surface area (Å²) in [4.78, 5) is 3.42. The van der Waals surface area contributed by atoms with Gasteiger partial charge in [0, 0.05) is 32.6 Å². The van der Waals surface area contributed by atoms with Gasteiger partial charge in [-0.3, -0.25) is 0 Å². The van der Waals surface area contributed by atoms with E-state index in [0.29, 0.717) is 0 Å². The lowest BCUT2D eigenvalue weighted by Crippen LogP contribution is -1.67. The second kappa shape index (κ2) is 2.67. The van der Waals surface area contributed by atoms with Gasteiger partial charge in [0.05, 0.1) is 12.5 Å². The molecule has 0 spiro atoms. The Balaban J connectivity index is 2.32. The molecule has 0 unspecified atom stereocenters. The number of benzene rings is 2. The van der Waals surface area contributed by atoms with Crippen LogP contribution in [0.15, 0.2) is 53.3 Å². The van der Waals surface area contributed by atoms with Gasteiger partial charge in [-0.15, -0.1) is 0 Å². The third-order valence-corrected chi connectivity index (χ3v) is 3.10. The van der Waals surface area contributed by atoms with Crippen molar-refractivity contribution >= 4 is 32.6 Å². The van der Waals surface area contributed by atoms with Crippen LogP contribution in [0.1, 0.15) is 0 Å². The number of H-pyrrole nitrogens is 1. The number of aromatic amines is 1. The monoisotopic (exact) mass is 207 g/mol. The van der Waals surface area contributed by atoms with Crippen molar-refractivity contribution in [3.63, 3.8) is 0 Å². The van der Waals surface area contributed by atoms with Crippen LogP contribution in [0.25, 0.3) is 32.6 Å². The topological polar surface area (TPSA) is 28.9 Å². The first-order valence-electron chi connectivity index (χ1n) is 5.28. The zero-order chi connectivity index (χ0) is 10.5. The van der Waals surface area contributed by atoms with Crippen LogP contribution >= 0.6 is 0 Å². The second-order valence-electron chi connectivity index (χ2n) is 4.07. The number of aromatic nitrogens is 1. The van der Waals surface area contributed by atoms with Gasteiger partial charge in [-0.2, -0.15) is 0 Å². The first-order chi connectivity index (χ1) is 7.92. The molecule has 4 aromatic rings. The third-order valence-electron chi connectivity index (χ3n) is 3.10. The van der Waals surface area contributed by atoms with E-state index < -0.39 is 0 Å². The normalized spacial score (nSPS) is 11.8. The molecule has 2 aromatic heterocycles. The highest BCUT2D eigenvalue weighted by molar-refractivity contribution is 6.11. The van der Waals surface area contributed by atoms with Gasteiger partial charge in [-0.05, 0) is 18.2 Å². The number of hydrogen-bond donors (Lipinski definition) is 1. The van der Waals surface area contributed by atoms with E-state index in [0.717, 1.165) is 16.3 Å². The molecule has 0 aliphatic rings. The Hall–Kier alpha value is -2.22. The molecule has 0 bridgehead atoms. The van der Waals surface area contributed by atoms with Crippen molar-refractivity contribution in [3.8, 4) is 0 Å². The van der Waals surface area contributed by atoms with Crippen LogP contribution in [-0.4, -0.2) is 4.98 Å². The van der Waals surface area contributed by atoms with Gasteiger partial charge in [-0.1, -0.05) is 18.2 Å². The number of hydrogen-bond acceptors (Lipinski definition) is 1. The van der Waals surface area contributed by atoms with Gasteiger partial charge in [0.25, 0.3) is 0 Å². The van der Waals surface area contributed by atoms with E-state index in [2.05, 4.69) is 35.3 Å².